The Balaban J connectivity index is 2.60. The molecule has 2 amide bonds. The number of carbonyl (C=O) groups excluding carboxylic acids is 1. The highest BCUT2D eigenvalue weighted by Gasteiger charge is 2.13. The second kappa shape index (κ2) is 5.49. The zero-order valence-corrected chi connectivity index (χ0v) is 9.83. The molecule has 1 N–H and O–H groups in total. The van der Waals surface area contributed by atoms with E-state index in [0.29, 0.717) is 5.69 Å². The number of amides is 2. The minimum Gasteiger partial charge on any atom is -0.325 e. The molecule has 0 spiro atoms. The number of anilines is 1. The minimum absolute atomic E-state index is 0.180. The topological polar surface area (TPSA) is 32.3 Å². The molecular weight excluding hydrogens is 207 g/mol. The van der Waals surface area contributed by atoms with Crippen molar-refractivity contribution in [3.63, 3.8) is 0 Å². The molecule has 0 saturated heterocycles. The number of carbonyl (C=O) groups is 1. The molecule has 88 valence electrons. The SMILES string of the molecule is CC[C@H](C)N(C)C(=O)Nc1ccc(F)cc1. The summed E-state index contributed by atoms with van der Waals surface area (Å²) in [7, 11) is 1.74. The van der Waals surface area contributed by atoms with Crippen molar-refractivity contribution in [2.24, 2.45) is 0 Å². The van der Waals surface area contributed by atoms with Gasteiger partial charge in [-0.15, -0.1) is 0 Å². The Morgan fingerprint density at radius 2 is 2.00 bits per heavy atom. The molecule has 0 aromatic heterocycles. The smallest absolute Gasteiger partial charge is 0.321 e. The number of hydrogen-bond acceptors (Lipinski definition) is 1. The van der Waals surface area contributed by atoms with E-state index in [-0.39, 0.29) is 17.9 Å². The van der Waals surface area contributed by atoms with Crippen molar-refractivity contribution in [1.82, 2.24) is 4.90 Å². The average Bonchev–Trinajstić information content (AvgIpc) is 2.30. The van der Waals surface area contributed by atoms with Gasteiger partial charge in [-0.3, -0.25) is 0 Å². The van der Waals surface area contributed by atoms with E-state index in [1.54, 1.807) is 11.9 Å². The van der Waals surface area contributed by atoms with Crippen LogP contribution >= 0.6 is 0 Å². The van der Waals surface area contributed by atoms with Crippen molar-refractivity contribution in [2.45, 2.75) is 26.3 Å². The van der Waals surface area contributed by atoms with Crippen molar-refractivity contribution in [3.05, 3.63) is 30.1 Å². The third-order valence-corrected chi connectivity index (χ3v) is 2.67. The molecule has 16 heavy (non-hydrogen) atoms. The van der Waals surface area contributed by atoms with Gasteiger partial charge in [0.25, 0.3) is 0 Å². The van der Waals surface area contributed by atoms with E-state index in [2.05, 4.69) is 5.32 Å². The van der Waals surface area contributed by atoms with Crippen LogP contribution in [0.25, 0.3) is 0 Å². The lowest BCUT2D eigenvalue weighted by atomic mass is 10.2. The van der Waals surface area contributed by atoms with Gasteiger partial charge in [-0.25, -0.2) is 9.18 Å². The van der Waals surface area contributed by atoms with Crippen LogP contribution in [0.1, 0.15) is 20.3 Å². The molecule has 1 aromatic carbocycles. The summed E-state index contributed by atoms with van der Waals surface area (Å²) in [6.07, 6.45) is 0.896. The van der Waals surface area contributed by atoms with Gasteiger partial charge in [0.05, 0.1) is 0 Å². The summed E-state index contributed by atoms with van der Waals surface area (Å²) >= 11 is 0. The number of nitrogens with one attached hydrogen (secondary N) is 1. The summed E-state index contributed by atoms with van der Waals surface area (Å²) in [5.41, 5.74) is 0.599. The van der Waals surface area contributed by atoms with Crippen molar-refractivity contribution in [1.29, 1.82) is 0 Å². The summed E-state index contributed by atoms with van der Waals surface area (Å²) in [4.78, 5) is 13.3. The summed E-state index contributed by atoms with van der Waals surface area (Å²) in [6, 6.07) is 5.72. The molecule has 0 aliphatic carbocycles. The molecule has 4 heteroatoms. The highest BCUT2D eigenvalue weighted by atomic mass is 19.1. The molecule has 0 aliphatic heterocycles. The van der Waals surface area contributed by atoms with Crippen LogP contribution in [0.5, 0.6) is 0 Å². The predicted molar refractivity (Wildman–Crippen MR) is 62.9 cm³/mol. The Morgan fingerprint density at radius 1 is 1.44 bits per heavy atom. The van der Waals surface area contributed by atoms with Gasteiger partial charge in [0.15, 0.2) is 0 Å². The predicted octanol–water partition coefficient (Wildman–Crippen LogP) is 3.09. The maximum atomic E-state index is 12.6. The normalized spacial score (nSPS) is 12.0. The largest absolute Gasteiger partial charge is 0.325 e. The van der Waals surface area contributed by atoms with Crippen LogP contribution in [0, 0.1) is 5.82 Å². The van der Waals surface area contributed by atoms with Crippen LogP contribution in [0.2, 0.25) is 0 Å². The zero-order chi connectivity index (χ0) is 12.1. The van der Waals surface area contributed by atoms with E-state index in [1.165, 1.54) is 24.3 Å². The Labute approximate surface area is 95.3 Å². The Morgan fingerprint density at radius 3 is 2.50 bits per heavy atom. The van der Waals surface area contributed by atoms with E-state index in [9.17, 15) is 9.18 Å². The van der Waals surface area contributed by atoms with Crippen molar-refractivity contribution in [2.75, 3.05) is 12.4 Å². The molecule has 1 atom stereocenters. The van der Waals surface area contributed by atoms with E-state index >= 15 is 0 Å². The highest BCUT2D eigenvalue weighted by Crippen LogP contribution is 2.10. The minimum atomic E-state index is -0.312. The Kier molecular flexibility index (Phi) is 4.28. The third kappa shape index (κ3) is 3.22. The molecule has 0 heterocycles. The number of benzene rings is 1. The van der Waals surface area contributed by atoms with Crippen LogP contribution in [0.15, 0.2) is 24.3 Å². The average molecular weight is 224 g/mol. The molecule has 1 rings (SSSR count). The molecular formula is C12H17FN2O. The van der Waals surface area contributed by atoms with E-state index in [0.717, 1.165) is 6.42 Å². The van der Waals surface area contributed by atoms with Crippen LogP contribution in [-0.2, 0) is 0 Å². The highest BCUT2D eigenvalue weighted by molar-refractivity contribution is 5.89. The lowest BCUT2D eigenvalue weighted by Gasteiger charge is -2.24. The zero-order valence-electron chi connectivity index (χ0n) is 9.83. The number of nitrogens with zero attached hydrogens (tertiary/aromatic N) is 1. The molecule has 0 bridgehead atoms. The summed E-state index contributed by atoms with van der Waals surface area (Å²) in [5, 5.41) is 2.70. The van der Waals surface area contributed by atoms with Crippen LogP contribution < -0.4 is 5.32 Å². The number of halogens is 1. The first-order chi connectivity index (χ1) is 7.54. The van der Waals surface area contributed by atoms with Gasteiger partial charge in [-0.2, -0.15) is 0 Å². The molecule has 3 nitrogen and oxygen atoms in total. The molecule has 0 fully saturated rings. The first-order valence-electron chi connectivity index (χ1n) is 5.34. The van der Waals surface area contributed by atoms with Gasteiger partial charge in [0.2, 0.25) is 0 Å². The fourth-order valence-corrected chi connectivity index (χ4v) is 1.22. The summed E-state index contributed by atoms with van der Waals surface area (Å²) < 4.78 is 12.6. The second-order valence-corrected chi connectivity index (χ2v) is 3.81. The standard InChI is InChI=1S/C12H17FN2O/c1-4-9(2)15(3)12(16)14-11-7-5-10(13)6-8-11/h5-9H,4H2,1-3H3,(H,14,16)/t9-/m0/s1. The van der Waals surface area contributed by atoms with E-state index in [4.69, 9.17) is 0 Å². The first kappa shape index (κ1) is 12.5. The molecule has 0 unspecified atom stereocenters. The molecule has 0 saturated carbocycles. The second-order valence-electron chi connectivity index (χ2n) is 3.81. The summed E-state index contributed by atoms with van der Waals surface area (Å²) in [6.45, 7) is 4.00. The molecule has 0 radical (unpaired) electrons. The maximum absolute atomic E-state index is 12.6. The lowest BCUT2D eigenvalue weighted by Crippen LogP contribution is -2.37. The first-order valence-corrected chi connectivity index (χ1v) is 5.34. The molecule has 0 aliphatic rings. The van der Waals surface area contributed by atoms with Gasteiger partial charge in [-0.05, 0) is 37.6 Å². The van der Waals surface area contributed by atoms with Crippen molar-refractivity contribution >= 4 is 11.7 Å². The van der Waals surface area contributed by atoms with Gasteiger partial charge >= 0.3 is 6.03 Å². The van der Waals surface area contributed by atoms with Gasteiger partial charge < -0.3 is 10.2 Å². The third-order valence-electron chi connectivity index (χ3n) is 2.67. The van der Waals surface area contributed by atoms with Crippen LogP contribution in [0.4, 0.5) is 14.9 Å². The van der Waals surface area contributed by atoms with E-state index in [1.807, 2.05) is 13.8 Å². The number of rotatable bonds is 3. The monoisotopic (exact) mass is 224 g/mol. The van der Waals surface area contributed by atoms with Gasteiger partial charge in [0.1, 0.15) is 5.82 Å². The van der Waals surface area contributed by atoms with Gasteiger partial charge in [0, 0.05) is 18.8 Å². The number of urea groups is 1. The van der Waals surface area contributed by atoms with Gasteiger partial charge in [-0.1, -0.05) is 6.92 Å². The van der Waals surface area contributed by atoms with E-state index < -0.39 is 0 Å². The molecule has 1 aromatic rings. The van der Waals surface area contributed by atoms with Crippen molar-refractivity contribution in [3.8, 4) is 0 Å². The van der Waals surface area contributed by atoms with Crippen LogP contribution in [0.3, 0.4) is 0 Å². The van der Waals surface area contributed by atoms with Crippen LogP contribution in [-0.4, -0.2) is 24.0 Å². The summed E-state index contributed by atoms with van der Waals surface area (Å²) in [5.74, 6) is -0.312. The number of hydrogen-bond donors (Lipinski definition) is 1. The quantitative estimate of drug-likeness (QED) is 0.840. The fourth-order valence-electron chi connectivity index (χ4n) is 1.22. The Bertz CT molecular complexity index is 351. The Hall–Kier alpha value is -1.58. The maximum Gasteiger partial charge on any atom is 0.321 e. The fraction of sp³-hybridized carbons (Fsp3) is 0.417. The lowest BCUT2D eigenvalue weighted by molar-refractivity contribution is 0.206. The van der Waals surface area contributed by atoms with Crippen molar-refractivity contribution < 1.29 is 9.18 Å².